The number of nitrogens with one attached hydrogen (secondary N) is 2. The molecule has 0 radical (unpaired) electrons. The van der Waals surface area contributed by atoms with Gasteiger partial charge in [-0.2, -0.15) is 5.10 Å². The molecule has 8 nitrogen and oxygen atoms in total. The number of hydrogen-bond donors (Lipinski definition) is 2. The normalized spacial score (nSPS) is 12.5. The summed E-state index contributed by atoms with van der Waals surface area (Å²) in [5.41, 5.74) is 4.32. The molecule has 1 aliphatic rings. The lowest BCUT2D eigenvalue weighted by atomic mass is 9.95. The minimum Gasteiger partial charge on any atom is -0.494 e. The van der Waals surface area contributed by atoms with E-state index in [1.54, 1.807) is 53.3 Å². The van der Waals surface area contributed by atoms with Crippen LogP contribution in [0.15, 0.2) is 67.0 Å². The van der Waals surface area contributed by atoms with Crippen LogP contribution in [0, 0.1) is 5.82 Å². The molecule has 0 spiro atoms. The number of amides is 2. The fourth-order valence-electron chi connectivity index (χ4n) is 4.33. The first-order valence-corrected chi connectivity index (χ1v) is 11.6. The van der Waals surface area contributed by atoms with Crippen LogP contribution in [0.1, 0.15) is 44.9 Å². The van der Waals surface area contributed by atoms with Crippen molar-refractivity contribution < 1.29 is 18.7 Å². The van der Waals surface area contributed by atoms with Crippen LogP contribution < -0.4 is 15.4 Å². The van der Waals surface area contributed by atoms with Crippen LogP contribution in [0.4, 0.5) is 15.8 Å². The van der Waals surface area contributed by atoms with E-state index in [0.717, 1.165) is 36.9 Å². The Morgan fingerprint density at radius 2 is 1.81 bits per heavy atom. The third kappa shape index (κ3) is 4.68. The molecule has 0 aliphatic heterocycles. The zero-order valence-electron chi connectivity index (χ0n) is 19.6. The number of rotatable bonds is 6. The van der Waals surface area contributed by atoms with Gasteiger partial charge in [-0.15, -0.1) is 0 Å². The number of pyridine rings is 1. The van der Waals surface area contributed by atoms with Gasteiger partial charge < -0.3 is 15.4 Å². The molecule has 0 bridgehead atoms. The van der Waals surface area contributed by atoms with Gasteiger partial charge in [0.05, 0.1) is 24.0 Å². The van der Waals surface area contributed by atoms with Gasteiger partial charge in [0.15, 0.2) is 5.69 Å². The molecule has 0 saturated carbocycles. The second-order valence-electron chi connectivity index (χ2n) is 8.43. The van der Waals surface area contributed by atoms with Crippen molar-refractivity contribution in [2.75, 3.05) is 17.7 Å². The lowest BCUT2D eigenvalue weighted by Gasteiger charge is -2.14. The quantitative estimate of drug-likeness (QED) is 0.409. The fourth-order valence-corrected chi connectivity index (χ4v) is 4.33. The summed E-state index contributed by atoms with van der Waals surface area (Å²) in [4.78, 5) is 29.7. The zero-order chi connectivity index (χ0) is 25.1. The van der Waals surface area contributed by atoms with Crippen molar-refractivity contribution in [1.82, 2.24) is 14.8 Å². The molecule has 9 heteroatoms. The maximum absolute atomic E-state index is 13.4. The van der Waals surface area contributed by atoms with Crippen molar-refractivity contribution >= 4 is 23.2 Å². The highest BCUT2D eigenvalue weighted by molar-refractivity contribution is 6.06. The average molecular weight is 486 g/mol. The number of hydrogen-bond acceptors (Lipinski definition) is 5. The lowest BCUT2D eigenvalue weighted by Crippen LogP contribution is -2.16. The molecule has 2 N–H and O–H groups in total. The van der Waals surface area contributed by atoms with Crippen molar-refractivity contribution in [1.29, 1.82) is 0 Å². The predicted molar refractivity (Wildman–Crippen MR) is 133 cm³/mol. The SMILES string of the molecule is COc1cc(NC(=O)c2nn(-c3ccc(F)cc3)c3c2CCCC3)ccc1NC(=O)c1cccnc1. The minimum atomic E-state index is -0.344. The number of ether oxygens (including phenoxy) is 1. The Hall–Kier alpha value is -4.53. The van der Waals surface area contributed by atoms with Crippen LogP contribution >= 0.6 is 0 Å². The second-order valence-corrected chi connectivity index (χ2v) is 8.43. The van der Waals surface area contributed by atoms with Crippen molar-refractivity contribution in [3.05, 3.63) is 95.3 Å². The van der Waals surface area contributed by atoms with E-state index < -0.39 is 0 Å². The molecule has 2 heterocycles. The summed E-state index contributed by atoms with van der Waals surface area (Å²) in [6, 6.07) is 14.4. The number of fused-ring (bicyclic) bond motifs is 1. The molecule has 36 heavy (non-hydrogen) atoms. The highest BCUT2D eigenvalue weighted by Crippen LogP contribution is 2.30. The van der Waals surface area contributed by atoms with Gasteiger partial charge >= 0.3 is 0 Å². The number of carbonyl (C=O) groups is 2. The van der Waals surface area contributed by atoms with Crippen LogP contribution in [0.25, 0.3) is 5.69 Å². The number of benzene rings is 2. The Morgan fingerprint density at radius 1 is 1.00 bits per heavy atom. The summed E-state index contributed by atoms with van der Waals surface area (Å²) in [7, 11) is 1.49. The van der Waals surface area contributed by atoms with Crippen molar-refractivity contribution in [3.63, 3.8) is 0 Å². The zero-order valence-corrected chi connectivity index (χ0v) is 19.6. The van der Waals surface area contributed by atoms with Gasteiger partial charge in [0.2, 0.25) is 0 Å². The van der Waals surface area contributed by atoms with Gasteiger partial charge in [0.25, 0.3) is 11.8 Å². The third-order valence-corrected chi connectivity index (χ3v) is 6.10. The van der Waals surface area contributed by atoms with Crippen molar-refractivity contribution in [3.8, 4) is 11.4 Å². The summed E-state index contributed by atoms with van der Waals surface area (Å²) in [5.74, 6) is -0.602. The summed E-state index contributed by atoms with van der Waals surface area (Å²) in [6.45, 7) is 0. The standard InChI is InChI=1S/C27H24FN5O3/c1-36-24-15-19(10-13-22(24)31-26(34)17-5-4-14-29-16-17)30-27(35)25-21-6-2-3-7-23(21)33(32-25)20-11-8-18(28)9-12-20/h4-5,8-16H,2-3,6-7H2,1H3,(H,30,35)(H,31,34). The first-order chi connectivity index (χ1) is 17.5. The molecule has 182 valence electrons. The van der Waals surface area contributed by atoms with Gasteiger partial charge in [-0.05, 0) is 74.2 Å². The molecule has 1 aliphatic carbocycles. The number of nitrogens with zero attached hydrogens (tertiary/aromatic N) is 3. The molecular weight excluding hydrogens is 461 g/mol. The smallest absolute Gasteiger partial charge is 0.276 e. The van der Waals surface area contributed by atoms with Crippen LogP contribution in [0.3, 0.4) is 0 Å². The summed E-state index contributed by atoms with van der Waals surface area (Å²) in [5, 5.41) is 10.3. The van der Waals surface area contributed by atoms with Gasteiger partial charge in [0, 0.05) is 35.4 Å². The van der Waals surface area contributed by atoms with Gasteiger partial charge in [0.1, 0.15) is 11.6 Å². The molecule has 4 aromatic rings. The first-order valence-electron chi connectivity index (χ1n) is 11.6. The molecule has 0 saturated heterocycles. The number of carbonyl (C=O) groups excluding carboxylic acids is 2. The van der Waals surface area contributed by atoms with Gasteiger partial charge in [-0.25, -0.2) is 9.07 Å². The maximum atomic E-state index is 13.4. The number of aromatic nitrogens is 3. The highest BCUT2D eigenvalue weighted by atomic mass is 19.1. The maximum Gasteiger partial charge on any atom is 0.276 e. The summed E-state index contributed by atoms with van der Waals surface area (Å²) < 4.78 is 20.6. The molecule has 2 aromatic heterocycles. The van der Waals surface area contributed by atoms with E-state index in [1.807, 2.05) is 0 Å². The van der Waals surface area contributed by atoms with Crippen molar-refractivity contribution in [2.45, 2.75) is 25.7 Å². The Bertz CT molecular complexity index is 1420. The molecule has 0 atom stereocenters. The van der Waals surface area contributed by atoms with E-state index in [4.69, 9.17) is 4.74 Å². The fraction of sp³-hybridized carbons (Fsp3) is 0.185. The molecule has 2 amide bonds. The topological polar surface area (TPSA) is 98.1 Å². The molecule has 5 rings (SSSR count). The predicted octanol–water partition coefficient (Wildman–Crippen LogP) is 4.80. The second kappa shape index (κ2) is 9.99. The average Bonchev–Trinajstić information content (AvgIpc) is 3.30. The number of methoxy groups -OCH3 is 1. The highest BCUT2D eigenvalue weighted by Gasteiger charge is 2.26. The van der Waals surface area contributed by atoms with Gasteiger partial charge in [-0.3, -0.25) is 14.6 Å². The van der Waals surface area contributed by atoms with E-state index in [2.05, 4.69) is 20.7 Å². The number of anilines is 2. The molecule has 0 fully saturated rings. The largest absolute Gasteiger partial charge is 0.494 e. The van der Waals surface area contributed by atoms with Crippen LogP contribution in [0.5, 0.6) is 5.75 Å². The van der Waals surface area contributed by atoms with Crippen LogP contribution in [-0.4, -0.2) is 33.7 Å². The van der Waals surface area contributed by atoms with E-state index in [0.29, 0.717) is 34.1 Å². The Balaban J connectivity index is 1.39. The summed E-state index contributed by atoms with van der Waals surface area (Å²) >= 11 is 0. The summed E-state index contributed by atoms with van der Waals surface area (Å²) in [6.07, 6.45) is 6.59. The molecular formula is C27H24FN5O3. The van der Waals surface area contributed by atoms with E-state index in [9.17, 15) is 14.0 Å². The Morgan fingerprint density at radius 3 is 2.56 bits per heavy atom. The molecule has 0 unspecified atom stereocenters. The molecule has 2 aromatic carbocycles. The monoisotopic (exact) mass is 485 g/mol. The lowest BCUT2D eigenvalue weighted by molar-refractivity contribution is 0.101. The van der Waals surface area contributed by atoms with Crippen molar-refractivity contribution in [2.24, 2.45) is 0 Å². The van der Waals surface area contributed by atoms with Gasteiger partial charge in [-0.1, -0.05) is 0 Å². The van der Waals surface area contributed by atoms with E-state index in [1.165, 1.54) is 25.4 Å². The number of halogens is 1. The minimum absolute atomic E-state index is 0.323. The third-order valence-electron chi connectivity index (χ3n) is 6.10. The first kappa shape index (κ1) is 23.2. The Kier molecular flexibility index (Phi) is 6.44. The Labute approximate surface area is 207 Å². The van der Waals surface area contributed by atoms with Crippen LogP contribution in [-0.2, 0) is 12.8 Å². The van der Waals surface area contributed by atoms with E-state index in [-0.39, 0.29) is 17.6 Å². The van der Waals surface area contributed by atoms with E-state index >= 15 is 0 Å². The van der Waals surface area contributed by atoms with Crippen LogP contribution in [0.2, 0.25) is 0 Å².